The van der Waals surface area contributed by atoms with Crippen LogP contribution >= 0.6 is 0 Å². The number of carbonyl (C=O) groups excluding carboxylic acids is 1. The minimum atomic E-state index is -4.40. The molecule has 2 aromatic carbocycles. The van der Waals surface area contributed by atoms with Gasteiger partial charge in [-0.2, -0.15) is 0 Å². The Balaban J connectivity index is 1.92. The number of nitro benzene ring substituents is 1. The number of hydrogen-bond donors (Lipinski definition) is 0. The fraction of sp³-hybridized carbons (Fsp3) is 0. The van der Waals surface area contributed by atoms with Crippen LogP contribution in [0.15, 0.2) is 70.1 Å². The largest absolute Gasteiger partial charge is 0.351 e. The summed E-state index contributed by atoms with van der Waals surface area (Å²) in [5.41, 5.74) is 0.707. The number of sulfone groups is 1. The van der Waals surface area contributed by atoms with Crippen LogP contribution < -0.4 is 0 Å². The van der Waals surface area contributed by atoms with Crippen LogP contribution in [0.1, 0.15) is 10.6 Å². The molecule has 25 heavy (non-hydrogen) atoms. The predicted molar refractivity (Wildman–Crippen MR) is 86.6 cm³/mol. The third kappa shape index (κ3) is 3.17. The monoisotopic (exact) mass is 358 g/mol. The molecule has 0 spiro atoms. The number of carbonyl (C=O) groups is 1. The number of hydrogen-bond acceptors (Lipinski definition) is 7. The number of rotatable bonds is 4. The van der Waals surface area contributed by atoms with Crippen molar-refractivity contribution >= 4 is 20.6 Å². The van der Waals surface area contributed by atoms with Gasteiger partial charge in [-0.1, -0.05) is 35.5 Å². The summed E-state index contributed by atoms with van der Waals surface area (Å²) in [6.45, 7) is 0. The van der Waals surface area contributed by atoms with Gasteiger partial charge >= 0.3 is 5.12 Å². The van der Waals surface area contributed by atoms with E-state index in [1.807, 2.05) is 0 Å². The minimum Gasteiger partial charge on any atom is -0.351 e. The van der Waals surface area contributed by atoms with Gasteiger partial charge in [0.05, 0.1) is 9.82 Å². The molecule has 9 heteroatoms. The molecule has 0 amide bonds. The third-order valence-electron chi connectivity index (χ3n) is 3.38. The molecule has 0 radical (unpaired) electrons. The summed E-state index contributed by atoms with van der Waals surface area (Å²) in [6.07, 6.45) is 0. The summed E-state index contributed by atoms with van der Waals surface area (Å²) in [4.78, 5) is 21.9. The molecule has 0 fully saturated rings. The Morgan fingerprint density at radius 1 is 1.04 bits per heavy atom. The Kier molecular flexibility index (Phi) is 4.15. The molecule has 3 rings (SSSR count). The molecule has 0 atom stereocenters. The number of benzene rings is 2. The fourth-order valence-corrected chi connectivity index (χ4v) is 3.17. The van der Waals surface area contributed by atoms with E-state index in [0.717, 1.165) is 24.3 Å². The van der Waals surface area contributed by atoms with Crippen LogP contribution in [0.3, 0.4) is 0 Å². The van der Waals surface area contributed by atoms with Gasteiger partial charge in [0.2, 0.25) is 15.6 Å². The van der Waals surface area contributed by atoms with Crippen LogP contribution in [0.2, 0.25) is 0 Å². The zero-order valence-corrected chi connectivity index (χ0v) is 13.3. The van der Waals surface area contributed by atoms with Crippen LogP contribution in [-0.2, 0) is 9.84 Å². The second kappa shape index (κ2) is 6.29. The van der Waals surface area contributed by atoms with Gasteiger partial charge in [-0.05, 0) is 12.1 Å². The Morgan fingerprint density at radius 3 is 2.28 bits per heavy atom. The van der Waals surface area contributed by atoms with E-state index in [2.05, 4.69) is 5.16 Å². The van der Waals surface area contributed by atoms with Crippen LogP contribution in [0.5, 0.6) is 0 Å². The molecular weight excluding hydrogens is 348 g/mol. The van der Waals surface area contributed by atoms with Gasteiger partial charge in [0.25, 0.3) is 5.69 Å². The maximum absolute atomic E-state index is 12.4. The molecule has 0 aliphatic heterocycles. The second-order valence-electron chi connectivity index (χ2n) is 4.98. The van der Waals surface area contributed by atoms with Crippen molar-refractivity contribution in [1.29, 1.82) is 0 Å². The van der Waals surface area contributed by atoms with Gasteiger partial charge in [0.15, 0.2) is 0 Å². The molecule has 126 valence electrons. The number of non-ortho nitro benzene ring substituents is 1. The van der Waals surface area contributed by atoms with Crippen molar-refractivity contribution in [3.63, 3.8) is 0 Å². The summed E-state index contributed by atoms with van der Waals surface area (Å²) in [5.74, 6) is -0.433. The molecule has 0 aliphatic rings. The van der Waals surface area contributed by atoms with Crippen molar-refractivity contribution < 1.29 is 22.7 Å². The van der Waals surface area contributed by atoms with Crippen molar-refractivity contribution in [2.24, 2.45) is 0 Å². The van der Waals surface area contributed by atoms with Crippen molar-refractivity contribution in [1.82, 2.24) is 5.16 Å². The summed E-state index contributed by atoms with van der Waals surface area (Å²) in [6, 6.07) is 14.0. The first-order valence-corrected chi connectivity index (χ1v) is 8.44. The minimum absolute atomic E-state index is 0.280. The Labute approximate surface area is 141 Å². The lowest BCUT2D eigenvalue weighted by molar-refractivity contribution is -0.384. The van der Waals surface area contributed by atoms with Gasteiger partial charge in [0.1, 0.15) is 5.69 Å². The third-order valence-corrected chi connectivity index (χ3v) is 4.96. The lowest BCUT2D eigenvalue weighted by atomic mass is 10.1. The normalized spacial score (nSPS) is 11.2. The van der Waals surface area contributed by atoms with Crippen LogP contribution in [-0.4, -0.2) is 23.6 Å². The molecule has 1 aromatic heterocycles. The maximum Gasteiger partial charge on any atom is 0.319 e. The second-order valence-corrected chi connectivity index (χ2v) is 6.83. The molecule has 0 aliphatic carbocycles. The van der Waals surface area contributed by atoms with Crippen molar-refractivity contribution in [3.8, 4) is 11.3 Å². The number of nitrogens with zero attached hydrogens (tertiary/aromatic N) is 2. The van der Waals surface area contributed by atoms with Crippen LogP contribution in [0.25, 0.3) is 11.3 Å². The number of nitro groups is 1. The van der Waals surface area contributed by atoms with Crippen LogP contribution in [0.4, 0.5) is 5.69 Å². The molecule has 1 heterocycles. The lowest BCUT2D eigenvalue weighted by Gasteiger charge is -2.00. The van der Waals surface area contributed by atoms with Crippen molar-refractivity contribution in [3.05, 3.63) is 76.5 Å². The summed E-state index contributed by atoms with van der Waals surface area (Å²) < 4.78 is 29.6. The molecule has 0 unspecified atom stereocenters. The van der Waals surface area contributed by atoms with Gasteiger partial charge in [-0.15, -0.1) is 0 Å². The highest BCUT2D eigenvalue weighted by molar-refractivity contribution is 8.06. The summed E-state index contributed by atoms with van der Waals surface area (Å²) in [5, 5.41) is 13.1. The topological polar surface area (TPSA) is 120 Å². The zero-order chi connectivity index (χ0) is 18.0. The van der Waals surface area contributed by atoms with Gasteiger partial charge < -0.3 is 4.52 Å². The van der Waals surface area contributed by atoms with E-state index in [9.17, 15) is 23.3 Å². The van der Waals surface area contributed by atoms with E-state index in [1.165, 1.54) is 6.07 Å². The van der Waals surface area contributed by atoms with E-state index in [1.54, 1.807) is 30.3 Å². The summed E-state index contributed by atoms with van der Waals surface area (Å²) in [7, 11) is -4.40. The zero-order valence-electron chi connectivity index (χ0n) is 12.5. The average Bonchev–Trinajstić information content (AvgIpc) is 3.12. The SMILES string of the molecule is O=C(c1cc(-c2ccccc2)no1)S(=O)(=O)c1ccc([N+](=O)[O-])cc1. The van der Waals surface area contributed by atoms with Crippen molar-refractivity contribution in [2.75, 3.05) is 0 Å². The first-order chi connectivity index (χ1) is 11.9. The van der Waals surface area contributed by atoms with Gasteiger partial charge in [-0.25, -0.2) is 8.42 Å². The Bertz CT molecular complexity index is 1040. The summed E-state index contributed by atoms with van der Waals surface area (Å²) >= 11 is 0. The highest BCUT2D eigenvalue weighted by atomic mass is 32.2. The van der Waals surface area contributed by atoms with Gasteiger partial charge in [-0.3, -0.25) is 14.9 Å². The molecule has 0 bridgehead atoms. The average molecular weight is 358 g/mol. The van der Waals surface area contributed by atoms with E-state index >= 15 is 0 Å². The Hall–Kier alpha value is -3.33. The molecular formula is C16H10N2O6S. The molecule has 8 nitrogen and oxygen atoms in total. The molecule has 0 N–H and O–H groups in total. The molecule has 0 saturated heterocycles. The highest BCUT2D eigenvalue weighted by Gasteiger charge is 2.30. The maximum atomic E-state index is 12.4. The standard InChI is InChI=1S/C16H10N2O6S/c19-16(15-10-14(17-24-15)11-4-2-1-3-5-11)25(22,23)13-8-6-12(7-9-13)18(20)21/h1-10H. The first kappa shape index (κ1) is 16.5. The van der Waals surface area contributed by atoms with E-state index in [4.69, 9.17) is 4.52 Å². The molecule has 0 saturated carbocycles. The quantitative estimate of drug-likeness (QED) is 0.519. The Morgan fingerprint density at radius 2 is 1.68 bits per heavy atom. The van der Waals surface area contributed by atoms with E-state index in [-0.39, 0.29) is 10.6 Å². The van der Waals surface area contributed by atoms with Crippen LogP contribution in [0, 0.1) is 10.1 Å². The molecule has 3 aromatic rings. The van der Waals surface area contributed by atoms with E-state index < -0.39 is 25.6 Å². The fourth-order valence-electron chi connectivity index (χ4n) is 2.10. The lowest BCUT2D eigenvalue weighted by Crippen LogP contribution is -2.14. The smallest absolute Gasteiger partial charge is 0.319 e. The van der Waals surface area contributed by atoms with Gasteiger partial charge in [0, 0.05) is 23.8 Å². The van der Waals surface area contributed by atoms with Crippen molar-refractivity contribution in [2.45, 2.75) is 4.90 Å². The number of aromatic nitrogens is 1. The predicted octanol–water partition coefficient (Wildman–Crippen LogP) is 2.86. The first-order valence-electron chi connectivity index (χ1n) is 6.95. The highest BCUT2D eigenvalue weighted by Crippen LogP contribution is 2.23. The van der Waals surface area contributed by atoms with E-state index in [0.29, 0.717) is 11.3 Å².